The first kappa shape index (κ1) is 11.9. The Morgan fingerprint density at radius 2 is 2.00 bits per heavy atom. The second-order valence-electron chi connectivity index (χ2n) is 2.91. The highest BCUT2D eigenvalue weighted by atomic mass is 16.5. The molecule has 0 saturated carbocycles. The van der Waals surface area contributed by atoms with Gasteiger partial charge in [0.2, 0.25) is 0 Å². The monoisotopic (exact) mass is 174 g/mol. The minimum Gasteiger partial charge on any atom is -0.379 e. The van der Waals surface area contributed by atoms with Crippen LogP contribution < -0.4 is 0 Å². The SMILES string of the molecule is CC.CC[C@@H]1COC[C@H](OC)C1. The van der Waals surface area contributed by atoms with E-state index < -0.39 is 0 Å². The summed E-state index contributed by atoms with van der Waals surface area (Å²) in [5, 5.41) is 0. The highest BCUT2D eigenvalue weighted by Gasteiger charge is 2.20. The first-order chi connectivity index (χ1) is 5.86. The standard InChI is InChI=1S/C8H16O2.C2H6/c1-3-7-4-8(9-2)6-10-5-7;1-2/h7-8H,3-6H2,1-2H3;1-2H3/t7-,8+;/m0./s1. The van der Waals surface area contributed by atoms with Crippen molar-refractivity contribution in [1.82, 2.24) is 0 Å². The van der Waals surface area contributed by atoms with Crippen molar-refractivity contribution < 1.29 is 9.47 Å². The van der Waals surface area contributed by atoms with E-state index >= 15 is 0 Å². The third-order valence-electron chi connectivity index (χ3n) is 2.16. The van der Waals surface area contributed by atoms with E-state index in [1.807, 2.05) is 13.8 Å². The normalized spacial score (nSPS) is 29.0. The largest absolute Gasteiger partial charge is 0.379 e. The van der Waals surface area contributed by atoms with Gasteiger partial charge in [0.1, 0.15) is 0 Å². The van der Waals surface area contributed by atoms with Gasteiger partial charge in [-0.05, 0) is 12.3 Å². The second-order valence-corrected chi connectivity index (χ2v) is 2.91. The summed E-state index contributed by atoms with van der Waals surface area (Å²) >= 11 is 0. The molecule has 12 heavy (non-hydrogen) atoms. The zero-order valence-corrected chi connectivity index (χ0v) is 8.80. The fourth-order valence-corrected chi connectivity index (χ4v) is 1.32. The summed E-state index contributed by atoms with van der Waals surface area (Å²) < 4.78 is 10.5. The maximum atomic E-state index is 5.35. The Bertz CT molecular complexity index is 83.8. The maximum absolute atomic E-state index is 5.35. The predicted molar refractivity (Wildman–Crippen MR) is 51.4 cm³/mol. The summed E-state index contributed by atoms with van der Waals surface area (Å²) in [6.07, 6.45) is 2.73. The van der Waals surface area contributed by atoms with E-state index in [2.05, 4.69) is 6.92 Å². The van der Waals surface area contributed by atoms with E-state index in [1.54, 1.807) is 7.11 Å². The molecule has 0 aromatic carbocycles. The van der Waals surface area contributed by atoms with Crippen LogP contribution in [-0.4, -0.2) is 26.4 Å². The van der Waals surface area contributed by atoms with Crippen LogP contribution in [0, 0.1) is 5.92 Å². The van der Waals surface area contributed by atoms with Gasteiger partial charge < -0.3 is 9.47 Å². The van der Waals surface area contributed by atoms with Crippen molar-refractivity contribution in [2.75, 3.05) is 20.3 Å². The van der Waals surface area contributed by atoms with Crippen LogP contribution in [0.2, 0.25) is 0 Å². The number of hydrogen-bond donors (Lipinski definition) is 0. The molecule has 1 heterocycles. The molecule has 0 aliphatic carbocycles. The molecule has 2 atom stereocenters. The minimum atomic E-state index is 0.346. The van der Waals surface area contributed by atoms with Crippen LogP contribution in [0.1, 0.15) is 33.6 Å². The Morgan fingerprint density at radius 3 is 2.50 bits per heavy atom. The van der Waals surface area contributed by atoms with Crippen molar-refractivity contribution in [1.29, 1.82) is 0 Å². The molecule has 2 nitrogen and oxygen atoms in total. The Hall–Kier alpha value is -0.0800. The Labute approximate surface area is 76.3 Å². The van der Waals surface area contributed by atoms with Gasteiger partial charge in [-0.3, -0.25) is 0 Å². The number of rotatable bonds is 2. The van der Waals surface area contributed by atoms with Crippen molar-refractivity contribution in [3.05, 3.63) is 0 Å². The summed E-state index contributed by atoms with van der Waals surface area (Å²) in [4.78, 5) is 0. The topological polar surface area (TPSA) is 18.5 Å². The maximum Gasteiger partial charge on any atom is 0.0808 e. The quantitative estimate of drug-likeness (QED) is 0.640. The summed E-state index contributed by atoms with van der Waals surface area (Å²) in [5.41, 5.74) is 0. The van der Waals surface area contributed by atoms with E-state index in [0.29, 0.717) is 6.10 Å². The Balaban J connectivity index is 0.000000561. The molecular weight excluding hydrogens is 152 g/mol. The van der Waals surface area contributed by atoms with Crippen molar-refractivity contribution >= 4 is 0 Å². The van der Waals surface area contributed by atoms with Gasteiger partial charge in [-0.25, -0.2) is 0 Å². The molecule has 1 fully saturated rings. The van der Waals surface area contributed by atoms with Crippen LogP contribution in [-0.2, 0) is 9.47 Å². The summed E-state index contributed by atoms with van der Waals surface area (Å²) in [6, 6.07) is 0. The number of methoxy groups -OCH3 is 1. The fraction of sp³-hybridized carbons (Fsp3) is 1.00. The van der Waals surface area contributed by atoms with Gasteiger partial charge in [0, 0.05) is 13.7 Å². The molecule has 1 rings (SSSR count). The first-order valence-corrected chi connectivity index (χ1v) is 4.97. The van der Waals surface area contributed by atoms with Gasteiger partial charge in [0.05, 0.1) is 12.7 Å². The van der Waals surface area contributed by atoms with E-state index in [0.717, 1.165) is 19.1 Å². The lowest BCUT2D eigenvalue weighted by Gasteiger charge is -2.27. The molecule has 0 bridgehead atoms. The third kappa shape index (κ3) is 4.07. The molecule has 0 radical (unpaired) electrons. The summed E-state index contributed by atoms with van der Waals surface area (Å²) in [7, 11) is 1.76. The fourth-order valence-electron chi connectivity index (χ4n) is 1.32. The lowest BCUT2D eigenvalue weighted by Crippen LogP contribution is -2.30. The molecule has 0 aromatic rings. The van der Waals surface area contributed by atoms with Crippen LogP contribution in [0.5, 0.6) is 0 Å². The summed E-state index contributed by atoms with van der Waals surface area (Å²) in [6.45, 7) is 7.91. The average Bonchev–Trinajstić information content (AvgIpc) is 2.21. The van der Waals surface area contributed by atoms with Crippen molar-refractivity contribution in [2.24, 2.45) is 5.92 Å². The van der Waals surface area contributed by atoms with Gasteiger partial charge in [0.15, 0.2) is 0 Å². The van der Waals surface area contributed by atoms with E-state index in [1.165, 1.54) is 12.8 Å². The van der Waals surface area contributed by atoms with Crippen molar-refractivity contribution in [3.8, 4) is 0 Å². The molecule has 1 aliphatic heterocycles. The highest BCUT2D eigenvalue weighted by molar-refractivity contribution is 4.69. The van der Waals surface area contributed by atoms with Crippen molar-refractivity contribution in [2.45, 2.75) is 39.7 Å². The molecular formula is C10H22O2. The molecule has 1 aliphatic rings. The first-order valence-electron chi connectivity index (χ1n) is 4.97. The van der Waals surface area contributed by atoms with Crippen LogP contribution in [0.15, 0.2) is 0 Å². The van der Waals surface area contributed by atoms with Gasteiger partial charge in [0.25, 0.3) is 0 Å². The Kier molecular flexibility index (Phi) is 7.51. The zero-order valence-electron chi connectivity index (χ0n) is 8.80. The van der Waals surface area contributed by atoms with Crippen LogP contribution in [0.25, 0.3) is 0 Å². The predicted octanol–water partition coefficient (Wildman–Crippen LogP) is 2.47. The van der Waals surface area contributed by atoms with E-state index in [9.17, 15) is 0 Å². The second kappa shape index (κ2) is 7.56. The lowest BCUT2D eigenvalue weighted by molar-refractivity contribution is -0.0560. The van der Waals surface area contributed by atoms with Crippen LogP contribution in [0.3, 0.4) is 0 Å². The molecule has 74 valence electrons. The zero-order chi connectivity index (χ0) is 9.40. The van der Waals surface area contributed by atoms with Gasteiger partial charge >= 0.3 is 0 Å². The van der Waals surface area contributed by atoms with Gasteiger partial charge in [-0.1, -0.05) is 27.2 Å². The molecule has 0 unspecified atom stereocenters. The molecule has 0 spiro atoms. The molecule has 1 saturated heterocycles. The van der Waals surface area contributed by atoms with Crippen molar-refractivity contribution in [3.63, 3.8) is 0 Å². The average molecular weight is 174 g/mol. The smallest absolute Gasteiger partial charge is 0.0808 e. The molecule has 2 heteroatoms. The lowest BCUT2D eigenvalue weighted by atomic mass is 9.98. The third-order valence-corrected chi connectivity index (χ3v) is 2.16. The number of hydrogen-bond acceptors (Lipinski definition) is 2. The van der Waals surface area contributed by atoms with Gasteiger partial charge in [-0.2, -0.15) is 0 Å². The Morgan fingerprint density at radius 1 is 1.33 bits per heavy atom. The number of ether oxygens (including phenoxy) is 2. The van der Waals surface area contributed by atoms with E-state index in [4.69, 9.17) is 9.47 Å². The molecule has 0 N–H and O–H groups in total. The molecule has 0 aromatic heterocycles. The van der Waals surface area contributed by atoms with Gasteiger partial charge in [-0.15, -0.1) is 0 Å². The van der Waals surface area contributed by atoms with Crippen LogP contribution in [0.4, 0.5) is 0 Å². The minimum absolute atomic E-state index is 0.346. The van der Waals surface area contributed by atoms with Crippen LogP contribution >= 0.6 is 0 Å². The van der Waals surface area contributed by atoms with E-state index in [-0.39, 0.29) is 0 Å². The molecule has 0 amide bonds. The highest BCUT2D eigenvalue weighted by Crippen LogP contribution is 2.18. The summed E-state index contributed by atoms with van der Waals surface area (Å²) in [5.74, 6) is 0.721.